The molecule has 0 amide bonds. The molecule has 0 saturated carbocycles. The number of ether oxygens (including phenoxy) is 2. The van der Waals surface area contributed by atoms with E-state index in [1.165, 1.54) is 0 Å². The number of hydrogen-bond acceptors (Lipinski definition) is 4. The van der Waals surface area contributed by atoms with Gasteiger partial charge in [-0.15, -0.1) is 5.92 Å². The SMILES string of the molecule is CC#C[C@@H](C)[C@H](OCc1ccc(OC)cc1)c1cc(O[Si](C(C)C)(C(C)C)C(C)C)cc(O[Si](C(C)C)(C(C)C)C(C)C)c1. The van der Waals surface area contributed by atoms with Crippen molar-refractivity contribution in [2.24, 2.45) is 5.92 Å². The van der Waals surface area contributed by atoms with Crippen LogP contribution in [0.2, 0.25) is 33.2 Å². The molecule has 0 unspecified atom stereocenters. The van der Waals surface area contributed by atoms with Crippen molar-refractivity contribution >= 4 is 16.6 Å². The van der Waals surface area contributed by atoms with E-state index in [4.69, 9.17) is 18.3 Å². The van der Waals surface area contributed by atoms with Gasteiger partial charge < -0.3 is 18.3 Å². The van der Waals surface area contributed by atoms with Gasteiger partial charge in [-0.25, -0.2) is 0 Å². The normalized spacial score (nSPS) is 13.9. The molecule has 0 bridgehead atoms. The predicted octanol–water partition coefficient (Wildman–Crippen LogP) is 11.7. The molecule has 0 heterocycles. The quantitative estimate of drug-likeness (QED) is 0.135. The largest absolute Gasteiger partial charge is 0.543 e. The van der Waals surface area contributed by atoms with Crippen LogP contribution in [0.1, 0.15) is 114 Å². The van der Waals surface area contributed by atoms with Crippen molar-refractivity contribution in [1.29, 1.82) is 0 Å². The van der Waals surface area contributed by atoms with Crippen LogP contribution >= 0.6 is 0 Å². The van der Waals surface area contributed by atoms with Crippen LogP contribution in [0.25, 0.3) is 0 Å². The number of methoxy groups -OCH3 is 1. The van der Waals surface area contributed by atoms with Crippen LogP contribution in [0.5, 0.6) is 17.2 Å². The van der Waals surface area contributed by atoms with Crippen LogP contribution in [0.15, 0.2) is 42.5 Å². The summed E-state index contributed by atoms with van der Waals surface area (Å²) in [6.45, 7) is 32.5. The van der Waals surface area contributed by atoms with Crippen LogP contribution in [0.3, 0.4) is 0 Å². The van der Waals surface area contributed by atoms with Crippen molar-refractivity contribution in [2.75, 3.05) is 7.11 Å². The molecule has 2 aromatic rings. The van der Waals surface area contributed by atoms with Gasteiger partial charge in [0.05, 0.1) is 19.8 Å². The molecular formula is C38H62O4Si2. The molecular weight excluding hydrogens is 577 g/mol. The standard InChI is InChI=1S/C38H62O4Si2/c1-16-17-32(14)38(40-25-33-18-20-35(39-15)21-19-33)34-22-36(41-43(26(2)3,27(4)5)28(6)7)24-37(23-34)42-44(29(8)9,30(10)11)31(12)13/h18-24,26-32,38H,25H2,1-15H3/t32-,38+/m1/s1. The van der Waals surface area contributed by atoms with Crippen molar-refractivity contribution in [2.45, 2.75) is 143 Å². The zero-order valence-corrected chi connectivity index (χ0v) is 32.5. The van der Waals surface area contributed by atoms with Crippen molar-refractivity contribution in [3.05, 3.63) is 53.6 Å². The lowest BCUT2D eigenvalue weighted by Crippen LogP contribution is -2.51. The minimum atomic E-state index is -2.22. The molecule has 0 radical (unpaired) electrons. The van der Waals surface area contributed by atoms with E-state index >= 15 is 0 Å². The van der Waals surface area contributed by atoms with E-state index in [-0.39, 0.29) is 12.0 Å². The van der Waals surface area contributed by atoms with E-state index in [0.717, 1.165) is 28.4 Å². The zero-order chi connectivity index (χ0) is 33.4. The Morgan fingerprint density at radius 1 is 0.591 bits per heavy atom. The number of hydrogen-bond donors (Lipinski definition) is 0. The van der Waals surface area contributed by atoms with Crippen molar-refractivity contribution in [3.63, 3.8) is 0 Å². The van der Waals surface area contributed by atoms with Crippen LogP contribution in [-0.2, 0) is 11.3 Å². The van der Waals surface area contributed by atoms with Gasteiger partial charge in [-0.2, -0.15) is 0 Å². The van der Waals surface area contributed by atoms with Gasteiger partial charge in [0.2, 0.25) is 0 Å². The minimum Gasteiger partial charge on any atom is -0.543 e. The van der Waals surface area contributed by atoms with Gasteiger partial charge in [0.25, 0.3) is 16.6 Å². The highest BCUT2D eigenvalue weighted by Gasteiger charge is 2.48. The summed E-state index contributed by atoms with van der Waals surface area (Å²) in [6.07, 6.45) is -0.253. The molecule has 6 heteroatoms. The Bertz CT molecular complexity index is 1130. The molecule has 0 aliphatic rings. The highest BCUT2D eigenvalue weighted by Crippen LogP contribution is 2.47. The molecule has 246 valence electrons. The van der Waals surface area contributed by atoms with Crippen LogP contribution in [-0.4, -0.2) is 23.7 Å². The van der Waals surface area contributed by atoms with E-state index in [9.17, 15) is 0 Å². The highest BCUT2D eigenvalue weighted by atomic mass is 28.4. The van der Waals surface area contributed by atoms with Gasteiger partial charge in [0.15, 0.2) is 0 Å². The van der Waals surface area contributed by atoms with Gasteiger partial charge in [-0.05, 0) is 82.5 Å². The first-order valence-corrected chi connectivity index (χ1v) is 21.0. The lowest BCUT2D eigenvalue weighted by molar-refractivity contribution is 0.0185. The predicted molar refractivity (Wildman–Crippen MR) is 193 cm³/mol. The lowest BCUT2D eigenvalue weighted by atomic mass is 9.97. The summed E-state index contributed by atoms with van der Waals surface area (Å²) in [4.78, 5) is 0. The van der Waals surface area contributed by atoms with Crippen molar-refractivity contribution in [1.82, 2.24) is 0 Å². The minimum absolute atomic E-state index is 0.0223. The summed E-state index contributed by atoms with van der Waals surface area (Å²) in [5, 5.41) is 0. The van der Waals surface area contributed by atoms with Crippen molar-refractivity contribution in [3.8, 4) is 29.1 Å². The van der Waals surface area contributed by atoms with E-state index < -0.39 is 16.6 Å². The molecule has 0 fully saturated rings. The maximum atomic E-state index is 7.31. The summed E-state index contributed by atoms with van der Waals surface area (Å²) in [7, 11) is -2.75. The Balaban J connectivity index is 2.77. The Labute approximate surface area is 272 Å². The van der Waals surface area contributed by atoms with Crippen molar-refractivity contribution < 1.29 is 18.3 Å². The van der Waals surface area contributed by atoms with Gasteiger partial charge in [0, 0.05) is 12.0 Å². The van der Waals surface area contributed by atoms with Crippen LogP contribution in [0.4, 0.5) is 0 Å². The van der Waals surface area contributed by atoms with Gasteiger partial charge in [0.1, 0.15) is 17.2 Å². The summed E-state index contributed by atoms with van der Waals surface area (Å²) in [5.41, 5.74) is 4.88. The zero-order valence-electron chi connectivity index (χ0n) is 30.5. The average molecular weight is 639 g/mol. The third-order valence-electron chi connectivity index (χ3n) is 9.65. The fraction of sp³-hybridized carbons (Fsp3) is 0.632. The smallest absolute Gasteiger partial charge is 0.258 e. The third-order valence-corrected chi connectivity index (χ3v) is 21.7. The topological polar surface area (TPSA) is 36.9 Å². The molecule has 0 aromatic heterocycles. The second-order valence-electron chi connectivity index (χ2n) is 14.3. The molecule has 4 nitrogen and oxygen atoms in total. The molecule has 0 saturated heterocycles. The summed E-state index contributed by atoms with van der Waals surface area (Å²) in [6, 6.07) is 14.7. The molecule has 0 spiro atoms. The maximum absolute atomic E-state index is 7.31. The molecule has 0 N–H and O–H groups in total. The number of benzene rings is 2. The maximum Gasteiger partial charge on any atom is 0.258 e. The molecule has 0 aliphatic carbocycles. The van der Waals surface area contributed by atoms with Gasteiger partial charge >= 0.3 is 0 Å². The Morgan fingerprint density at radius 2 is 1.00 bits per heavy atom. The average Bonchev–Trinajstić information content (AvgIpc) is 2.94. The van der Waals surface area contributed by atoms with Gasteiger partial charge in [-0.1, -0.05) is 101 Å². The lowest BCUT2D eigenvalue weighted by Gasteiger charge is -2.43. The highest BCUT2D eigenvalue weighted by molar-refractivity contribution is 6.78. The second kappa shape index (κ2) is 16.4. The Morgan fingerprint density at radius 3 is 1.34 bits per heavy atom. The summed E-state index contributed by atoms with van der Waals surface area (Å²) < 4.78 is 26.7. The fourth-order valence-corrected chi connectivity index (χ4v) is 18.2. The first-order valence-electron chi connectivity index (χ1n) is 16.8. The Kier molecular flexibility index (Phi) is 14.1. The molecule has 2 rings (SSSR count). The Hall–Kier alpha value is -2.21. The van der Waals surface area contributed by atoms with Crippen LogP contribution in [0, 0.1) is 17.8 Å². The van der Waals surface area contributed by atoms with Gasteiger partial charge in [-0.3, -0.25) is 0 Å². The molecule has 2 aromatic carbocycles. The molecule has 44 heavy (non-hydrogen) atoms. The second-order valence-corrected chi connectivity index (χ2v) is 25.1. The summed E-state index contributed by atoms with van der Waals surface area (Å²) >= 11 is 0. The first-order chi connectivity index (χ1) is 20.6. The first kappa shape index (κ1) is 38.0. The van der Waals surface area contributed by atoms with E-state index in [1.807, 2.05) is 19.1 Å². The monoisotopic (exact) mass is 638 g/mol. The van der Waals surface area contributed by atoms with Crippen LogP contribution < -0.4 is 13.6 Å². The van der Waals surface area contributed by atoms with E-state index in [2.05, 4.69) is 132 Å². The number of rotatable bonds is 16. The molecule has 2 atom stereocenters. The summed E-state index contributed by atoms with van der Waals surface area (Å²) in [5.74, 6) is 9.12. The molecule has 0 aliphatic heterocycles. The van der Waals surface area contributed by atoms with E-state index in [1.54, 1.807) is 7.11 Å². The van der Waals surface area contributed by atoms with E-state index in [0.29, 0.717) is 39.9 Å². The third kappa shape index (κ3) is 8.53. The fourth-order valence-electron chi connectivity index (χ4n) is 7.73.